The van der Waals surface area contributed by atoms with E-state index in [1.165, 1.54) is 35.4 Å². The molecule has 1 fully saturated rings. The summed E-state index contributed by atoms with van der Waals surface area (Å²) in [7, 11) is 0. The maximum absolute atomic E-state index is 12.5. The summed E-state index contributed by atoms with van der Waals surface area (Å²) in [6.45, 7) is 5.64. The molecule has 2 aromatic heterocycles. The maximum atomic E-state index is 12.5. The number of aromatic nitrogens is 3. The van der Waals surface area contributed by atoms with Crippen LogP contribution < -0.4 is 10.2 Å². The number of anilines is 1. The molecule has 0 saturated carbocycles. The zero-order valence-electron chi connectivity index (χ0n) is 15.4. The van der Waals surface area contributed by atoms with Gasteiger partial charge in [0.25, 0.3) is 5.91 Å². The molecule has 7 heteroatoms. The number of nitrogens with zero attached hydrogens (tertiary/aromatic N) is 4. The molecule has 2 aromatic rings. The molecule has 0 unspecified atom stereocenters. The van der Waals surface area contributed by atoms with Gasteiger partial charge in [-0.1, -0.05) is 0 Å². The average molecular weight is 372 g/mol. The number of rotatable bonds is 3. The first kappa shape index (κ1) is 17.4. The molecule has 26 heavy (non-hydrogen) atoms. The van der Waals surface area contributed by atoms with Gasteiger partial charge < -0.3 is 10.2 Å². The predicted molar refractivity (Wildman–Crippen MR) is 103 cm³/mol. The SMILES string of the molecule is Cc1nc(C)c(C(=O)NC2CCN(c3cc4c(nn3)CCCC4)CC2)s1. The minimum Gasteiger partial charge on any atom is -0.355 e. The van der Waals surface area contributed by atoms with Gasteiger partial charge in [-0.05, 0) is 64.0 Å². The van der Waals surface area contributed by atoms with Crippen molar-refractivity contribution in [1.29, 1.82) is 0 Å². The van der Waals surface area contributed by atoms with Crippen LogP contribution in [0.1, 0.15) is 57.3 Å². The summed E-state index contributed by atoms with van der Waals surface area (Å²) in [4.78, 5) is 19.9. The van der Waals surface area contributed by atoms with Gasteiger partial charge in [-0.2, -0.15) is 5.10 Å². The Bertz CT molecular complexity index is 810. The van der Waals surface area contributed by atoms with E-state index >= 15 is 0 Å². The normalized spacial score (nSPS) is 17.8. The molecule has 0 spiro atoms. The van der Waals surface area contributed by atoms with Crippen LogP contribution >= 0.6 is 11.3 Å². The highest BCUT2D eigenvalue weighted by molar-refractivity contribution is 7.13. The summed E-state index contributed by atoms with van der Waals surface area (Å²) >= 11 is 1.47. The Morgan fingerprint density at radius 2 is 1.96 bits per heavy atom. The fourth-order valence-electron chi connectivity index (χ4n) is 3.88. The third kappa shape index (κ3) is 3.58. The van der Waals surface area contributed by atoms with E-state index in [-0.39, 0.29) is 11.9 Å². The van der Waals surface area contributed by atoms with E-state index < -0.39 is 0 Å². The number of thiazole rings is 1. The van der Waals surface area contributed by atoms with Crippen LogP contribution in [0.3, 0.4) is 0 Å². The minimum absolute atomic E-state index is 0.0140. The second kappa shape index (κ2) is 7.31. The van der Waals surface area contributed by atoms with E-state index in [1.54, 1.807) is 0 Å². The molecule has 1 aliphatic carbocycles. The largest absolute Gasteiger partial charge is 0.355 e. The van der Waals surface area contributed by atoms with Crippen molar-refractivity contribution >= 4 is 23.1 Å². The number of aryl methyl sites for hydroxylation is 4. The predicted octanol–water partition coefficient (Wildman–Crippen LogP) is 2.83. The van der Waals surface area contributed by atoms with Crippen molar-refractivity contribution < 1.29 is 4.79 Å². The number of hydrogen-bond acceptors (Lipinski definition) is 6. The Balaban J connectivity index is 1.35. The van der Waals surface area contributed by atoms with Crippen LogP contribution in [-0.2, 0) is 12.8 Å². The first-order valence-corrected chi connectivity index (χ1v) is 10.3. The monoisotopic (exact) mass is 371 g/mol. The fraction of sp³-hybridized carbons (Fsp3) is 0.579. The lowest BCUT2D eigenvalue weighted by molar-refractivity contribution is 0.0934. The van der Waals surface area contributed by atoms with Gasteiger partial charge in [0.2, 0.25) is 0 Å². The average Bonchev–Trinajstić information content (AvgIpc) is 3.00. The van der Waals surface area contributed by atoms with Gasteiger partial charge in [-0.15, -0.1) is 16.4 Å². The molecule has 3 heterocycles. The molecule has 0 radical (unpaired) electrons. The summed E-state index contributed by atoms with van der Waals surface area (Å²) < 4.78 is 0. The third-order valence-corrected chi connectivity index (χ3v) is 6.39. The van der Waals surface area contributed by atoms with Crippen LogP contribution in [0.25, 0.3) is 0 Å². The topological polar surface area (TPSA) is 71.0 Å². The number of hydrogen-bond donors (Lipinski definition) is 1. The highest BCUT2D eigenvalue weighted by Gasteiger charge is 2.24. The lowest BCUT2D eigenvalue weighted by Gasteiger charge is -2.33. The fourth-order valence-corrected chi connectivity index (χ4v) is 4.70. The Hall–Kier alpha value is -2.02. The molecule has 1 N–H and O–H groups in total. The molecule has 0 atom stereocenters. The Labute approximate surface area is 158 Å². The van der Waals surface area contributed by atoms with Crippen molar-refractivity contribution in [3.8, 4) is 0 Å². The minimum atomic E-state index is 0.0140. The highest BCUT2D eigenvalue weighted by Crippen LogP contribution is 2.24. The van der Waals surface area contributed by atoms with Crippen molar-refractivity contribution in [3.05, 3.63) is 32.9 Å². The molecule has 1 aliphatic heterocycles. The maximum Gasteiger partial charge on any atom is 0.263 e. The molecule has 6 nitrogen and oxygen atoms in total. The lowest BCUT2D eigenvalue weighted by atomic mass is 9.96. The third-order valence-electron chi connectivity index (χ3n) is 5.32. The van der Waals surface area contributed by atoms with E-state index in [9.17, 15) is 4.79 Å². The standard InChI is InChI=1S/C19H25N5OS/c1-12-18(26-13(2)20-12)19(25)21-15-7-9-24(10-8-15)17-11-14-5-3-4-6-16(14)22-23-17/h11,15H,3-10H2,1-2H3,(H,21,25). The van der Waals surface area contributed by atoms with Gasteiger partial charge in [0, 0.05) is 19.1 Å². The van der Waals surface area contributed by atoms with Crippen LogP contribution in [0, 0.1) is 13.8 Å². The zero-order chi connectivity index (χ0) is 18.1. The van der Waals surface area contributed by atoms with E-state index in [0.29, 0.717) is 0 Å². The second-order valence-corrected chi connectivity index (χ2v) is 8.47. The molecule has 4 rings (SSSR count). The Kier molecular flexibility index (Phi) is 4.89. The second-order valence-electron chi connectivity index (χ2n) is 7.26. The van der Waals surface area contributed by atoms with E-state index in [2.05, 4.69) is 31.5 Å². The summed E-state index contributed by atoms with van der Waals surface area (Å²) in [5, 5.41) is 13.0. The molecule has 0 aromatic carbocycles. The van der Waals surface area contributed by atoms with E-state index in [4.69, 9.17) is 0 Å². The quantitative estimate of drug-likeness (QED) is 0.898. The van der Waals surface area contributed by atoms with Gasteiger partial charge in [-0.3, -0.25) is 4.79 Å². The molecular formula is C19H25N5OS. The number of fused-ring (bicyclic) bond motifs is 1. The number of carbonyl (C=O) groups is 1. The van der Waals surface area contributed by atoms with Crippen molar-refractivity contribution in [1.82, 2.24) is 20.5 Å². The van der Waals surface area contributed by atoms with Gasteiger partial charge in [0.1, 0.15) is 4.88 Å². The summed E-state index contributed by atoms with van der Waals surface area (Å²) in [6.07, 6.45) is 6.53. The number of piperidine rings is 1. The van der Waals surface area contributed by atoms with E-state index in [0.717, 1.165) is 60.2 Å². The zero-order valence-corrected chi connectivity index (χ0v) is 16.2. The molecule has 1 saturated heterocycles. The van der Waals surface area contributed by atoms with Gasteiger partial charge >= 0.3 is 0 Å². The van der Waals surface area contributed by atoms with Gasteiger partial charge in [0.15, 0.2) is 5.82 Å². The summed E-state index contributed by atoms with van der Waals surface area (Å²) in [6, 6.07) is 2.44. The van der Waals surface area contributed by atoms with Crippen LogP contribution in [0.4, 0.5) is 5.82 Å². The van der Waals surface area contributed by atoms with Crippen molar-refractivity contribution in [2.45, 2.75) is 58.4 Å². The lowest BCUT2D eigenvalue weighted by Crippen LogP contribution is -2.45. The molecule has 1 amide bonds. The first-order chi connectivity index (χ1) is 12.6. The number of carbonyl (C=O) groups excluding carboxylic acids is 1. The van der Waals surface area contributed by atoms with Crippen molar-refractivity contribution in [2.75, 3.05) is 18.0 Å². The van der Waals surface area contributed by atoms with Gasteiger partial charge in [-0.25, -0.2) is 4.98 Å². The van der Waals surface area contributed by atoms with Crippen LogP contribution in [0.5, 0.6) is 0 Å². The highest BCUT2D eigenvalue weighted by atomic mass is 32.1. The Morgan fingerprint density at radius 1 is 1.19 bits per heavy atom. The number of amides is 1. The van der Waals surface area contributed by atoms with Crippen LogP contribution in [-0.4, -0.2) is 40.2 Å². The van der Waals surface area contributed by atoms with Crippen LogP contribution in [0.15, 0.2) is 6.07 Å². The summed E-state index contributed by atoms with van der Waals surface area (Å²) in [5.41, 5.74) is 3.37. The number of nitrogens with one attached hydrogen (secondary N) is 1. The molecular weight excluding hydrogens is 346 g/mol. The van der Waals surface area contributed by atoms with E-state index in [1.807, 2.05) is 13.8 Å². The first-order valence-electron chi connectivity index (χ1n) is 9.45. The van der Waals surface area contributed by atoms with Gasteiger partial charge in [0.05, 0.1) is 16.4 Å². The van der Waals surface area contributed by atoms with Crippen LogP contribution in [0.2, 0.25) is 0 Å². The van der Waals surface area contributed by atoms with Crippen molar-refractivity contribution in [3.63, 3.8) is 0 Å². The molecule has 138 valence electrons. The molecule has 2 aliphatic rings. The Morgan fingerprint density at radius 3 is 2.69 bits per heavy atom. The smallest absolute Gasteiger partial charge is 0.263 e. The van der Waals surface area contributed by atoms with Crippen molar-refractivity contribution in [2.24, 2.45) is 0 Å². The summed E-state index contributed by atoms with van der Waals surface area (Å²) in [5.74, 6) is 1.00. The molecule has 0 bridgehead atoms.